The summed E-state index contributed by atoms with van der Waals surface area (Å²) in [4.78, 5) is 22.5. The Bertz CT molecular complexity index is 262. The number of hydrogen-bond donors (Lipinski definition) is 1. The van der Waals surface area contributed by atoms with Crippen LogP contribution in [-0.2, 0) is 9.59 Å². The number of carbonyl (C=O) groups excluding carboxylic acids is 2. The van der Waals surface area contributed by atoms with Crippen LogP contribution in [0.1, 0.15) is 26.7 Å². The molecule has 1 fully saturated rings. The fraction of sp³-hybridized carbons (Fsp3) is 0.818. The number of nitrogens with one attached hydrogen (secondary N) is 1. The smallest absolute Gasteiger partial charge is 0.350 e. The molecular weight excluding hydrogens is 249 g/mol. The molecule has 1 rings (SSSR count). The zero-order valence-corrected chi connectivity index (χ0v) is 10.6. The monoisotopic (exact) mass is 268 g/mol. The van der Waals surface area contributed by atoms with Gasteiger partial charge < -0.3 is 10.2 Å². The van der Waals surface area contributed by atoms with Crippen LogP contribution >= 0.6 is 0 Å². The van der Waals surface area contributed by atoms with Gasteiger partial charge in [-0.2, -0.15) is 13.2 Å². The number of halogens is 3. The van der Waals surface area contributed by atoms with Crippen molar-refractivity contribution in [1.82, 2.24) is 10.2 Å². The fourth-order valence-electron chi connectivity index (χ4n) is 1.46. The Labute approximate surface area is 105 Å². The number of likely N-dealkylation sites (tertiary alicyclic amines) is 1. The van der Waals surface area contributed by atoms with Crippen molar-refractivity contribution >= 4 is 12.3 Å². The van der Waals surface area contributed by atoms with Gasteiger partial charge >= 0.3 is 6.18 Å². The molecule has 0 aromatic heterocycles. The van der Waals surface area contributed by atoms with E-state index in [1.807, 2.05) is 18.7 Å². The van der Waals surface area contributed by atoms with Gasteiger partial charge in [-0.15, -0.1) is 0 Å². The van der Waals surface area contributed by atoms with Gasteiger partial charge in [-0.1, -0.05) is 13.8 Å². The van der Waals surface area contributed by atoms with Crippen LogP contribution in [0.15, 0.2) is 0 Å². The molecule has 0 aromatic carbocycles. The summed E-state index contributed by atoms with van der Waals surface area (Å²) in [7, 11) is 0. The lowest BCUT2D eigenvalue weighted by molar-refractivity contribution is -0.133. The second kappa shape index (κ2) is 7.94. The Hall–Kier alpha value is -1.27. The number of amides is 2. The molecule has 7 heteroatoms. The van der Waals surface area contributed by atoms with Crippen molar-refractivity contribution in [3.8, 4) is 0 Å². The van der Waals surface area contributed by atoms with Gasteiger partial charge in [0.1, 0.15) is 6.54 Å². The standard InChI is InChI=1S/C8H15NO.C3H4F3NO/c1-7(2)8(10)9-5-3-4-6-9;4-3(5,6)1-7-2-8/h7H,3-6H2,1-2H3;2H,1H2,(H,7,8). The third-order valence-corrected chi connectivity index (χ3v) is 2.30. The summed E-state index contributed by atoms with van der Waals surface area (Å²) in [6.45, 7) is 4.63. The Morgan fingerprint density at radius 1 is 1.33 bits per heavy atom. The molecule has 0 atom stereocenters. The highest BCUT2D eigenvalue weighted by atomic mass is 19.4. The summed E-state index contributed by atoms with van der Waals surface area (Å²) in [5.41, 5.74) is 0. The van der Waals surface area contributed by atoms with Crippen LogP contribution in [0.2, 0.25) is 0 Å². The van der Waals surface area contributed by atoms with Crippen LogP contribution in [-0.4, -0.2) is 43.0 Å². The molecule has 0 radical (unpaired) electrons. The minimum Gasteiger partial charge on any atom is -0.350 e. The second-order valence-electron chi connectivity index (χ2n) is 4.30. The zero-order valence-electron chi connectivity index (χ0n) is 10.6. The summed E-state index contributed by atoms with van der Waals surface area (Å²) in [5.74, 6) is 0.496. The molecule has 4 nitrogen and oxygen atoms in total. The van der Waals surface area contributed by atoms with Crippen LogP contribution in [0.25, 0.3) is 0 Å². The highest BCUT2D eigenvalue weighted by Gasteiger charge is 2.25. The van der Waals surface area contributed by atoms with Crippen molar-refractivity contribution in [1.29, 1.82) is 0 Å². The third kappa shape index (κ3) is 7.92. The van der Waals surface area contributed by atoms with Crippen LogP contribution in [0.3, 0.4) is 0 Å². The molecule has 1 aliphatic heterocycles. The molecule has 1 saturated heterocycles. The summed E-state index contributed by atoms with van der Waals surface area (Å²) >= 11 is 0. The van der Waals surface area contributed by atoms with Gasteiger partial charge in [0.25, 0.3) is 0 Å². The first-order valence-corrected chi connectivity index (χ1v) is 5.80. The first-order chi connectivity index (χ1) is 8.28. The molecular formula is C11H19F3N2O2. The fourth-order valence-corrected chi connectivity index (χ4v) is 1.46. The second-order valence-corrected chi connectivity index (χ2v) is 4.30. The number of rotatable bonds is 3. The van der Waals surface area contributed by atoms with Crippen molar-refractivity contribution in [2.75, 3.05) is 19.6 Å². The van der Waals surface area contributed by atoms with E-state index >= 15 is 0 Å². The van der Waals surface area contributed by atoms with E-state index in [4.69, 9.17) is 0 Å². The van der Waals surface area contributed by atoms with E-state index < -0.39 is 12.7 Å². The first-order valence-electron chi connectivity index (χ1n) is 5.80. The molecule has 1 heterocycles. The topological polar surface area (TPSA) is 49.4 Å². The Balaban J connectivity index is 0.000000331. The van der Waals surface area contributed by atoms with E-state index in [0.29, 0.717) is 5.91 Å². The SMILES string of the molecule is CC(C)C(=O)N1CCCC1.O=CNCC(F)(F)F. The van der Waals surface area contributed by atoms with Gasteiger partial charge in [0, 0.05) is 19.0 Å². The van der Waals surface area contributed by atoms with E-state index in [0.717, 1.165) is 13.1 Å². The average molecular weight is 268 g/mol. The Kier molecular flexibility index (Phi) is 7.38. The Morgan fingerprint density at radius 2 is 1.83 bits per heavy atom. The minimum atomic E-state index is -4.29. The van der Waals surface area contributed by atoms with Gasteiger partial charge in [0.15, 0.2) is 0 Å². The molecule has 2 amide bonds. The maximum Gasteiger partial charge on any atom is 0.405 e. The molecule has 0 bridgehead atoms. The zero-order chi connectivity index (χ0) is 14.2. The predicted molar refractivity (Wildman–Crippen MR) is 60.8 cm³/mol. The van der Waals surface area contributed by atoms with E-state index in [9.17, 15) is 22.8 Å². The highest BCUT2D eigenvalue weighted by molar-refractivity contribution is 5.78. The van der Waals surface area contributed by atoms with Crippen molar-refractivity contribution in [2.24, 2.45) is 5.92 Å². The summed E-state index contributed by atoms with van der Waals surface area (Å²) in [6, 6.07) is 0. The van der Waals surface area contributed by atoms with Crippen molar-refractivity contribution in [3.05, 3.63) is 0 Å². The molecule has 18 heavy (non-hydrogen) atoms. The normalized spacial score (nSPS) is 15.1. The highest BCUT2D eigenvalue weighted by Crippen LogP contribution is 2.11. The summed E-state index contributed by atoms with van der Waals surface area (Å²) < 4.78 is 33.1. The van der Waals surface area contributed by atoms with Gasteiger partial charge in [-0.3, -0.25) is 9.59 Å². The lowest BCUT2D eigenvalue weighted by Crippen LogP contribution is -2.31. The van der Waals surface area contributed by atoms with E-state index in [1.54, 1.807) is 0 Å². The Morgan fingerprint density at radius 3 is 2.11 bits per heavy atom. The van der Waals surface area contributed by atoms with E-state index in [-0.39, 0.29) is 12.3 Å². The molecule has 0 aromatic rings. The van der Waals surface area contributed by atoms with Gasteiger partial charge in [-0.25, -0.2) is 0 Å². The summed E-state index contributed by atoms with van der Waals surface area (Å²) in [5, 5.41) is 1.48. The van der Waals surface area contributed by atoms with E-state index in [1.165, 1.54) is 18.2 Å². The number of carbonyl (C=O) groups is 2. The molecule has 1 N–H and O–H groups in total. The molecule has 106 valence electrons. The predicted octanol–water partition coefficient (Wildman–Crippen LogP) is 1.56. The van der Waals surface area contributed by atoms with Crippen molar-refractivity contribution in [2.45, 2.75) is 32.9 Å². The molecule has 0 saturated carbocycles. The number of nitrogens with zero attached hydrogens (tertiary/aromatic N) is 1. The quantitative estimate of drug-likeness (QED) is 0.790. The minimum absolute atomic E-state index is 0.00743. The van der Waals surface area contributed by atoms with Gasteiger partial charge in [-0.05, 0) is 12.8 Å². The summed E-state index contributed by atoms with van der Waals surface area (Å²) in [6.07, 6.45) is -1.90. The molecule has 0 unspecified atom stereocenters. The number of hydrogen-bond acceptors (Lipinski definition) is 2. The number of alkyl halides is 3. The molecule has 0 spiro atoms. The first kappa shape index (κ1) is 16.7. The largest absolute Gasteiger partial charge is 0.405 e. The van der Waals surface area contributed by atoms with Crippen LogP contribution in [0, 0.1) is 5.92 Å². The van der Waals surface area contributed by atoms with Crippen LogP contribution < -0.4 is 5.32 Å². The molecule has 0 aliphatic carbocycles. The van der Waals surface area contributed by atoms with Gasteiger partial charge in [0.2, 0.25) is 12.3 Å². The average Bonchev–Trinajstić information content (AvgIpc) is 2.78. The lowest BCUT2D eigenvalue weighted by atomic mass is 10.2. The van der Waals surface area contributed by atoms with Crippen molar-refractivity contribution in [3.63, 3.8) is 0 Å². The van der Waals surface area contributed by atoms with E-state index in [2.05, 4.69) is 0 Å². The van der Waals surface area contributed by atoms with Gasteiger partial charge in [0.05, 0.1) is 0 Å². The van der Waals surface area contributed by atoms with Crippen LogP contribution in [0.4, 0.5) is 13.2 Å². The van der Waals surface area contributed by atoms with Crippen LogP contribution in [0.5, 0.6) is 0 Å². The maximum absolute atomic E-state index is 11.3. The lowest BCUT2D eigenvalue weighted by Gasteiger charge is -2.17. The maximum atomic E-state index is 11.3. The molecule has 1 aliphatic rings. The third-order valence-electron chi connectivity index (χ3n) is 2.30. The van der Waals surface area contributed by atoms with Crippen molar-refractivity contribution < 1.29 is 22.8 Å².